The van der Waals surface area contributed by atoms with Gasteiger partial charge in [0.25, 0.3) is 5.56 Å². The molecule has 0 spiro atoms. The summed E-state index contributed by atoms with van der Waals surface area (Å²) in [6.07, 6.45) is 4.51. The van der Waals surface area contributed by atoms with E-state index in [4.69, 9.17) is 0 Å². The lowest BCUT2D eigenvalue weighted by Gasteiger charge is -2.09. The van der Waals surface area contributed by atoms with Gasteiger partial charge < -0.3 is 5.32 Å². The maximum absolute atomic E-state index is 13.2. The molecule has 0 bridgehead atoms. The van der Waals surface area contributed by atoms with Crippen molar-refractivity contribution >= 4 is 22.5 Å². The number of nitrogens with one attached hydrogen (secondary N) is 1. The fraction of sp³-hybridized carbons (Fsp3) is 0.176. The Morgan fingerprint density at radius 2 is 2.17 bits per heavy atom. The van der Waals surface area contributed by atoms with E-state index in [1.807, 2.05) is 0 Å². The molecule has 0 unspecified atom stereocenters. The molecule has 24 heavy (non-hydrogen) atoms. The first kappa shape index (κ1) is 15.8. The molecule has 0 saturated carbocycles. The maximum atomic E-state index is 13.2. The van der Waals surface area contributed by atoms with Crippen LogP contribution < -0.4 is 10.9 Å². The van der Waals surface area contributed by atoms with Crippen molar-refractivity contribution in [1.82, 2.24) is 14.5 Å². The fourth-order valence-electron chi connectivity index (χ4n) is 2.33. The normalized spacial score (nSPS) is 10.8. The van der Waals surface area contributed by atoms with Crippen molar-refractivity contribution in [2.75, 3.05) is 5.32 Å². The lowest BCUT2D eigenvalue weighted by atomic mass is 10.2. The Hall–Kier alpha value is -3.09. The van der Waals surface area contributed by atoms with E-state index in [0.29, 0.717) is 16.6 Å². The number of fused-ring (bicyclic) bond motifs is 1. The van der Waals surface area contributed by atoms with E-state index in [0.717, 1.165) is 5.56 Å². The highest BCUT2D eigenvalue weighted by Crippen LogP contribution is 2.16. The zero-order valence-corrected chi connectivity index (χ0v) is 13.0. The van der Waals surface area contributed by atoms with Gasteiger partial charge in [-0.15, -0.1) is 0 Å². The van der Waals surface area contributed by atoms with Gasteiger partial charge in [0.05, 0.1) is 23.4 Å². The highest BCUT2D eigenvalue weighted by Gasteiger charge is 2.08. The second-order valence-electron chi connectivity index (χ2n) is 5.39. The topological polar surface area (TPSA) is 76.9 Å². The Balaban J connectivity index is 1.71. The third-order valence-corrected chi connectivity index (χ3v) is 3.68. The number of carbonyl (C=O) groups excluding carboxylic acids is 1. The zero-order valence-electron chi connectivity index (χ0n) is 13.0. The number of aromatic nitrogens is 3. The molecular weight excluding hydrogens is 311 g/mol. The molecule has 1 aromatic carbocycles. The third kappa shape index (κ3) is 3.29. The lowest BCUT2D eigenvalue weighted by molar-refractivity contribution is -0.116. The molecule has 3 rings (SSSR count). The van der Waals surface area contributed by atoms with Crippen molar-refractivity contribution in [3.05, 3.63) is 64.7 Å². The number of benzene rings is 1. The van der Waals surface area contributed by atoms with Crippen LogP contribution in [-0.4, -0.2) is 20.4 Å². The number of amides is 1. The van der Waals surface area contributed by atoms with Gasteiger partial charge in [0.15, 0.2) is 0 Å². The van der Waals surface area contributed by atoms with E-state index in [-0.39, 0.29) is 24.4 Å². The number of hydrogen-bond donors (Lipinski definition) is 1. The average Bonchev–Trinajstić information content (AvgIpc) is 2.58. The Kier molecular flexibility index (Phi) is 4.33. The van der Waals surface area contributed by atoms with Crippen LogP contribution in [0, 0.1) is 12.7 Å². The minimum atomic E-state index is -0.417. The Bertz CT molecular complexity index is 968. The van der Waals surface area contributed by atoms with E-state index < -0.39 is 5.82 Å². The van der Waals surface area contributed by atoms with Crippen LogP contribution in [-0.2, 0) is 11.3 Å². The standard InChI is InChI=1S/C17H15FN4O2/c1-11-2-3-12(18)8-14(11)21-16(23)5-7-22-10-20-15-9-19-6-4-13(15)17(22)24/h2-4,6,8-10H,5,7H2,1H3,(H,21,23). The van der Waals surface area contributed by atoms with E-state index in [2.05, 4.69) is 15.3 Å². The third-order valence-electron chi connectivity index (χ3n) is 3.68. The number of nitrogens with zero attached hydrogens (tertiary/aromatic N) is 3. The Morgan fingerprint density at radius 3 is 3.00 bits per heavy atom. The summed E-state index contributed by atoms with van der Waals surface area (Å²) >= 11 is 0. The van der Waals surface area contributed by atoms with Crippen LogP contribution in [0.3, 0.4) is 0 Å². The first-order valence-corrected chi connectivity index (χ1v) is 7.40. The maximum Gasteiger partial charge on any atom is 0.261 e. The number of halogens is 1. The smallest absolute Gasteiger partial charge is 0.261 e. The summed E-state index contributed by atoms with van der Waals surface area (Å²) < 4.78 is 14.6. The van der Waals surface area contributed by atoms with Crippen LogP contribution in [0.5, 0.6) is 0 Å². The van der Waals surface area contributed by atoms with Crippen LogP contribution in [0.25, 0.3) is 10.9 Å². The SMILES string of the molecule is Cc1ccc(F)cc1NC(=O)CCn1cnc2cnccc2c1=O. The largest absolute Gasteiger partial charge is 0.326 e. The van der Waals surface area contributed by atoms with Crippen LogP contribution >= 0.6 is 0 Å². The minimum Gasteiger partial charge on any atom is -0.326 e. The number of pyridine rings is 1. The second kappa shape index (κ2) is 6.57. The van der Waals surface area contributed by atoms with Gasteiger partial charge in [0.2, 0.25) is 5.91 Å². The monoisotopic (exact) mass is 326 g/mol. The van der Waals surface area contributed by atoms with Gasteiger partial charge in [-0.1, -0.05) is 6.07 Å². The summed E-state index contributed by atoms with van der Waals surface area (Å²) in [4.78, 5) is 32.4. The molecule has 2 heterocycles. The highest BCUT2D eigenvalue weighted by molar-refractivity contribution is 5.91. The summed E-state index contributed by atoms with van der Waals surface area (Å²) in [6, 6.07) is 5.79. The molecule has 1 amide bonds. The van der Waals surface area contributed by atoms with Gasteiger partial charge in [-0.05, 0) is 30.7 Å². The van der Waals surface area contributed by atoms with E-state index in [1.165, 1.54) is 35.4 Å². The fourth-order valence-corrected chi connectivity index (χ4v) is 2.33. The molecule has 0 fully saturated rings. The number of hydrogen-bond acceptors (Lipinski definition) is 4. The lowest BCUT2D eigenvalue weighted by Crippen LogP contribution is -2.23. The van der Waals surface area contributed by atoms with Crippen LogP contribution in [0.1, 0.15) is 12.0 Å². The van der Waals surface area contributed by atoms with Gasteiger partial charge in [0.1, 0.15) is 5.82 Å². The van der Waals surface area contributed by atoms with Gasteiger partial charge in [-0.25, -0.2) is 9.37 Å². The molecule has 122 valence electrons. The van der Waals surface area contributed by atoms with E-state index in [1.54, 1.807) is 19.1 Å². The first-order valence-electron chi connectivity index (χ1n) is 7.40. The summed E-state index contributed by atoms with van der Waals surface area (Å²) in [7, 11) is 0. The van der Waals surface area contributed by atoms with Gasteiger partial charge in [0, 0.05) is 24.8 Å². The van der Waals surface area contributed by atoms with Crippen LogP contribution in [0.2, 0.25) is 0 Å². The number of carbonyl (C=O) groups is 1. The van der Waals surface area contributed by atoms with Gasteiger partial charge in [-0.2, -0.15) is 0 Å². The molecule has 0 aliphatic heterocycles. The van der Waals surface area contributed by atoms with Crippen molar-refractivity contribution in [3.63, 3.8) is 0 Å². The molecule has 0 aliphatic carbocycles. The first-order chi connectivity index (χ1) is 11.5. The molecule has 1 N–H and O–H groups in total. The average molecular weight is 326 g/mol. The molecule has 0 saturated heterocycles. The number of aryl methyl sites for hydroxylation is 2. The summed E-state index contributed by atoms with van der Waals surface area (Å²) in [5.74, 6) is -0.718. The molecule has 0 radical (unpaired) electrons. The van der Waals surface area contributed by atoms with Crippen LogP contribution in [0.4, 0.5) is 10.1 Å². The predicted molar refractivity (Wildman–Crippen MR) is 88.2 cm³/mol. The molecule has 0 aliphatic rings. The minimum absolute atomic E-state index is 0.0775. The predicted octanol–water partition coefficient (Wildman–Crippen LogP) is 2.27. The molecule has 6 nitrogen and oxygen atoms in total. The Labute approximate surface area is 137 Å². The van der Waals surface area contributed by atoms with Crippen molar-refractivity contribution in [1.29, 1.82) is 0 Å². The number of rotatable bonds is 4. The second-order valence-corrected chi connectivity index (χ2v) is 5.39. The summed E-state index contributed by atoms with van der Waals surface area (Å²) in [5.41, 5.74) is 1.48. The van der Waals surface area contributed by atoms with Gasteiger partial charge in [-0.3, -0.25) is 19.1 Å². The molecule has 3 aromatic rings. The van der Waals surface area contributed by atoms with Crippen LogP contribution in [0.15, 0.2) is 47.8 Å². The Morgan fingerprint density at radius 1 is 1.33 bits per heavy atom. The van der Waals surface area contributed by atoms with Gasteiger partial charge >= 0.3 is 0 Å². The molecule has 2 aromatic heterocycles. The molecular formula is C17H15FN4O2. The van der Waals surface area contributed by atoms with Crippen molar-refractivity contribution in [2.24, 2.45) is 0 Å². The van der Waals surface area contributed by atoms with E-state index in [9.17, 15) is 14.0 Å². The summed E-state index contributed by atoms with van der Waals surface area (Å²) in [5, 5.41) is 3.11. The van der Waals surface area contributed by atoms with Crippen molar-refractivity contribution < 1.29 is 9.18 Å². The molecule has 7 heteroatoms. The zero-order chi connectivity index (χ0) is 17.1. The van der Waals surface area contributed by atoms with Crippen molar-refractivity contribution in [2.45, 2.75) is 19.9 Å². The summed E-state index contributed by atoms with van der Waals surface area (Å²) in [6.45, 7) is 1.96. The van der Waals surface area contributed by atoms with Crippen molar-refractivity contribution in [3.8, 4) is 0 Å². The number of anilines is 1. The molecule has 0 atom stereocenters. The highest BCUT2D eigenvalue weighted by atomic mass is 19.1. The quantitative estimate of drug-likeness (QED) is 0.798. The van der Waals surface area contributed by atoms with E-state index >= 15 is 0 Å².